The van der Waals surface area contributed by atoms with Gasteiger partial charge in [0.2, 0.25) is 29.5 Å². The number of benzene rings is 2. The molecule has 2 aromatic carbocycles. The average Bonchev–Trinajstić information content (AvgIpc) is 1.60. The maximum Gasteiger partial charge on any atom is 0.411 e. The Morgan fingerprint density at radius 1 is 0.386 bits per heavy atom. The molecule has 37 heteroatoms. The van der Waals surface area contributed by atoms with Crippen LogP contribution in [0.2, 0.25) is 0 Å². The number of carbonyl (C=O) groups is 13. The zero-order valence-corrected chi connectivity index (χ0v) is 93.0. The number of ketones is 1. The molecule has 12 aliphatic heterocycles. The maximum atomic E-state index is 14.1. The Bertz CT molecular complexity index is 4770. The second kappa shape index (κ2) is 49.0. The number of likely N-dealkylation sites (tertiary alicyclic amines) is 11. The van der Waals surface area contributed by atoms with Crippen LogP contribution >= 0.6 is 0 Å². The summed E-state index contributed by atoms with van der Waals surface area (Å²) in [7, 11) is 0. The van der Waals surface area contributed by atoms with E-state index in [0.29, 0.717) is 103 Å². The van der Waals surface area contributed by atoms with Gasteiger partial charge in [-0.25, -0.2) is 24.0 Å². The number of carboxylic acids is 1. The first-order valence-electron chi connectivity index (χ1n) is 52.5. The van der Waals surface area contributed by atoms with Crippen LogP contribution < -0.4 is 5.32 Å². The van der Waals surface area contributed by atoms with Gasteiger partial charge in [-0.15, -0.1) is 0 Å². The van der Waals surface area contributed by atoms with E-state index in [-0.39, 0.29) is 130 Å². The molecule has 12 saturated heterocycles. The Balaban J connectivity index is 0.000000225. The molecule has 0 aliphatic carbocycles. The number of nitrogens with one attached hydrogen (secondary N) is 1. The molecule has 0 aromatic heterocycles. The van der Waals surface area contributed by atoms with Gasteiger partial charge in [-0.2, -0.15) is 0 Å². The number of amides is 11. The van der Waals surface area contributed by atoms with Gasteiger partial charge in [0, 0.05) is 109 Å². The van der Waals surface area contributed by atoms with E-state index in [0.717, 1.165) is 88.4 Å². The second-order valence-corrected chi connectivity index (χ2v) is 46.2. The number of aliphatic hydroxyl groups excluding tert-OH is 4. The zero-order valence-electron chi connectivity index (χ0n) is 91.4. The number of carboxylic acid groups (broad SMARTS) is 1. The molecule has 12 heterocycles. The molecule has 0 bridgehead atoms. The van der Waals surface area contributed by atoms with E-state index in [1.54, 1.807) is 124 Å². The van der Waals surface area contributed by atoms with Crippen LogP contribution in [0.4, 0.5) is 19.2 Å². The van der Waals surface area contributed by atoms with Crippen LogP contribution in [0.1, 0.15) is 313 Å². The summed E-state index contributed by atoms with van der Waals surface area (Å²) in [6, 6.07) is 15.9. The van der Waals surface area contributed by atoms with Gasteiger partial charge in [0.1, 0.15) is 62.7 Å². The molecule has 0 saturated carbocycles. The standard InChI is InChI=1S/C29H44N2O6.C28H41N3O5.C21H35N3O5.C16H27N3O3.C13H23NO5.CH3.Pd/c1-20-14-15-29(22(3)32,31(20)27(35)37-28(4,5)6)25(33)18-24(26(34)30-16-10-11-17-30)21(2)36-19-23-12-8-7-9-13-23;1-19-14-15-28(31(19)26(34)36-27(4,5)6)21(3)30(25(28)33)23(24(32)29-16-10-11-17-29)20(2)35-18-22-12-8-7-9-13-22;1-13-9-10-21(24(13)19(28)29-20(4,5)6)15(3)23(18(21)27)16(14(2)25)17(26)22-11-7-8-12-22;1-10-6-7-16(17-10)12(3)19(15(16)22)13(11(2)20)14(21)18-8-4-5-9-18;1-8-6-7-13(9(2)15,10(16)17)14(8)11(18)19-12(3,4)5;;/h7-9,12-13,20-22,24,32H,10-11,14-19H2,1-6H3;7-9,12-13,19-21,23H,10-11,14-18H2,1-6H3;13-16,25H,7-12H2,1-6H3;10-13,17,20H,4-9H2,1-3H3;8-9,15H,6-7H2,1-5H3,(H,16,17);1H3;/q;;;;;-1;/t20?,21-,22?,24+,29?;19?,20-,21?,23+,28?;13?,14-,15?,16+,21?;10?,11-,12?,13+,16?;;;/m1111.../s1. The van der Waals surface area contributed by atoms with Crippen molar-refractivity contribution in [2.75, 3.05) is 52.4 Å². The summed E-state index contributed by atoms with van der Waals surface area (Å²) >= 11 is 0. The van der Waals surface area contributed by atoms with Crippen molar-refractivity contribution < 1.29 is 137 Å². The van der Waals surface area contributed by atoms with Crippen LogP contribution in [0.25, 0.3) is 0 Å². The van der Waals surface area contributed by atoms with Crippen LogP contribution in [-0.2, 0) is 105 Å². The van der Waals surface area contributed by atoms with E-state index < -0.39 is 141 Å². The van der Waals surface area contributed by atoms with Crippen LogP contribution in [-0.4, -0.2) is 362 Å². The van der Waals surface area contributed by atoms with Crippen LogP contribution in [0.3, 0.4) is 0 Å². The van der Waals surface area contributed by atoms with E-state index in [2.05, 4.69) is 12.2 Å². The molecule has 0 radical (unpaired) electrons. The third kappa shape index (κ3) is 26.0. The number of hydrogen-bond donors (Lipinski definition) is 6. The molecule has 23 atom stereocenters. The van der Waals surface area contributed by atoms with E-state index in [4.69, 9.17) is 28.4 Å². The number of carbonyl (C=O) groups excluding carboxylic acids is 12. The maximum absolute atomic E-state index is 14.1. The second-order valence-electron chi connectivity index (χ2n) is 46.2. The monoisotopic (exact) mass is 2130 g/mol. The van der Waals surface area contributed by atoms with Gasteiger partial charge >= 0.3 is 30.3 Å². The van der Waals surface area contributed by atoms with Crippen LogP contribution in [0.5, 0.6) is 0 Å². The van der Waals surface area contributed by atoms with E-state index in [1.165, 1.54) is 21.6 Å². The molecular weight excluding hydrogens is 1960 g/mol. The average molecular weight is 2130 g/mol. The molecule has 12 fully saturated rings. The minimum Gasteiger partial charge on any atom is -0.479 e. The molecule has 6 N–H and O–H groups in total. The molecule has 820 valence electrons. The van der Waals surface area contributed by atoms with Crippen molar-refractivity contribution in [2.24, 2.45) is 5.92 Å². The number of aliphatic hydroxyl groups is 4. The SMILES string of the molecule is CC1CCC(C(=O)C[C@H](C(=O)N2CCCC2)[C@@H](C)OCc2ccccc2)(C(C)O)N1C(=O)OC(C)(C)C.CC1CCC(C(=O)O)(C(C)O)N1C(=O)OC(C)(C)C.CC1CCC2(C(=O)N([C@H](C(=O)N3CCCC3)[C@@H](C)O)C2C)N1C(=O)OC(C)(C)C.CC1CCC2(C(=O)N([C@H](C(=O)N3CCCC3)[C@@H](C)OCc3ccccc3)C2C)N1C(=O)OC(C)(C)C.CC1CCC2(N1)C(=O)N([C@H](C(=O)N1CCCC1)[C@@H](C)O)C2C.[CH3-].[Pd]. The first-order valence-corrected chi connectivity index (χ1v) is 52.5. The summed E-state index contributed by atoms with van der Waals surface area (Å²) < 4.78 is 34.5. The fraction of sp³-hybridized carbons (Fsp3) is 0.759. The van der Waals surface area contributed by atoms with Crippen LogP contribution in [0.15, 0.2) is 60.7 Å². The molecular formula is C108H173N12O24Pd-. The molecule has 12 aliphatic rings. The first kappa shape index (κ1) is 122. The summed E-state index contributed by atoms with van der Waals surface area (Å²) in [5, 5.41) is 54.2. The Kier molecular flexibility index (Phi) is 41.0. The van der Waals surface area contributed by atoms with Gasteiger partial charge in [0.25, 0.3) is 11.8 Å². The van der Waals surface area contributed by atoms with Crippen molar-refractivity contribution in [3.05, 3.63) is 79.2 Å². The summed E-state index contributed by atoms with van der Waals surface area (Å²) in [4.78, 5) is 188. The van der Waals surface area contributed by atoms with Crippen molar-refractivity contribution in [1.82, 2.24) is 59.2 Å². The normalized spacial score (nSPS) is 29.1. The van der Waals surface area contributed by atoms with E-state index in [9.17, 15) is 87.9 Å². The zero-order chi connectivity index (χ0) is 106. The van der Waals surface area contributed by atoms with Gasteiger partial charge in [0.15, 0.2) is 11.3 Å². The van der Waals surface area contributed by atoms with Crippen LogP contribution in [0, 0.1) is 13.3 Å². The van der Waals surface area contributed by atoms with Crippen molar-refractivity contribution >= 4 is 77.5 Å². The van der Waals surface area contributed by atoms with Crippen molar-refractivity contribution in [2.45, 2.75) is 468 Å². The van der Waals surface area contributed by atoms with Gasteiger partial charge < -0.3 is 95.7 Å². The molecule has 145 heavy (non-hydrogen) atoms. The Hall–Kier alpha value is -8.67. The van der Waals surface area contributed by atoms with E-state index >= 15 is 0 Å². The number of nitrogens with zero attached hydrogens (tertiary/aromatic N) is 11. The number of Topliss-reactive ketones (excluding diaryl/α,β-unsaturated/α-hetero) is 1. The quantitative estimate of drug-likeness (QED) is 0.0260. The number of rotatable bonds is 23. The summed E-state index contributed by atoms with van der Waals surface area (Å²) in [5.74, 6) is -3.21. The Morgan fingerprint density at radius 2 is 0.683 bits per heavy atom. The summed E-state index contributed by atoms with van der Waals surface area (Å²) in [6.45, 7) is 52.7. The molecule has 36 nitrogen and oxygen atoms in total. The Morgan fingerprint density at radius 3 is 0.993 bits per heavy atom. The number of aliphatic carboxylic acids is 1. The summed E-state index contributed by atoms with van der Waals surface area (Å²) in [6.07, 6.45) is 6.05. The van der Waals surface area contributed by atoms with Crippen molar-refractivity contribution in [3.63, 3.8) is 0 Å². The number of ether oxygens (including phenoxy) is 6. The molecule has 3 spiro atoms. The van der Waals surface area contributed by atoms with Gasteiger partial charge in [-0.05, 0) is 307 Å². The fourth-order valence-electron chi connectivity index (χ4n) is 23.6. The van der Waals surface area contributed by atoms with Gasteiger partial charge in [0.05, 0.1) is 73.9 Å². The largest absolute Gasteiger partial charge is 0.479 e. The smallest absolute Gasteiger partial charge is 0.411 e. The topological polar surface area (TPSA) is 426 Å². The van der Waals surface area contributed by atoms with Crippen molar-refractivity contribution in [3.8, 4) is 0 Å². The minimum absolute atomic E-state index is 0. The predicted octanol–water partition coefficient (Wildman–Crippen LogP) is 12.2. The minimum atomic E-state index is -1.60. The van der Waals surface area contributed by atoms with Gasteiger partial charge in [-0.1, -0.05) is 60.7 Å². The molecule has 2 aromatic rings. The van der Waals surface area contributed by atoms with E-state index in [1.807, 2.05) is 142 Å². The third-order valence-electron chi connectivity index (χ3n) is 31.2. The number of hydrogen-bond acceptors (Lipinski definition) is 24. The first-order chi connectivity index (χ1) is 66.6. The fourth-order valence-corrected chi connectivity index (χ4v) is 23.6. The summed E-state index contributed by atoms with van der Waals surface area (Å²) in [5.41, 5.74) is -6.34. The Labute approximate surface area is 874 Å². The predicted molar refractivity (Wildman–Crippen MR) is 541 cm³/mol. The number of β-lactam (4-membered cyclic amide) rings is 3. The van der Waals surface area contributed by atoms with Gasteiger partial charge in [-0.3, -0.25) is 63.3 Å². The molecule has 15 unspecified atom stereocenters. The van der Waals surface area contributed by atoms with Crippen molar-refractivity contribution in [1.29, 1.82) is 0 Å². The molecule has 14 rings (SSSR count). The third-order valence-corrected chi connectivity index (χ3v) is 31.2. The molecule has 11 amide bonds.